The van der Waals surface area contributed by atoms with Gasteiger partial charge in [0.15, 0.2) is 5.96 Å². The molecular formula is C16H22N4O2. The van der Waals surface area contributed by atoms with Crippen molar-refractivity contribution in [2.24, 2.45) is 28.1 Å². The van der Waals surface area contributed by atoms with Gasteiger partial charge in [-0.3, -0.25) is 4.79 Å². The lowest BCUT2D eigenvalue weighted by Gasteiger charge is -2.07. The molecule has 1 atom stereocenters. The van der Waals surface area contributed by atoms with Gasteiger partial charge in [-0.25, -0.2) is 4.99 Å². The fourth-order valence-corrected chi connectivity index (χ4v) is 1.73. The van der Waals surface area contributed by atoms with E-state index in [0.29, 0.717) is 0 Å². The van der Waals surface area contributed by atoms with Crippen molar-refractivity contribution in [3.63, 3.8) is 0 Å². The fraction of sp³-hybridized carbons (Fsp3) is 0.250. The first kappa shape index (κ1) is 17.5. The number of nitrogens with two attached hydrogens (primary N) is 3. The summed E-state index contributed by atoms with van der Waals surface area (Å²) in [5.41, 5.74) is 16.7. The molecule has 6 nitrogen and oxygen atoms in total. The molecule has 2 aromatic carbocycles. The first-order chi connectivity index (χ1) is 10.3. The number of aliphatic carboxylic acids is 1. The van der Waals surface area contributed by atoms with Gasteiger partial charge in [-0.15, -0.1) is 0 Å². The van der Waals surface area contributed by atoms with Crippen LogP contribution in [0.2, 0.25) is 0 Å². The highest BCUT2D eigenvalue weighted by atomic mass is 16.4. The van der Waals surface area contributed by atoms with Crippen molar-refractivity contribution >= 4 is 28.4 Å². The Kier molecular flexibility index (Phi) is 6.34. The summed E-state index contributed by atoms with van der Waals surface area (Å²) in [5, 5.41) is 10.4. The van der Waals surface area contributed by atoms with E-state index in [4.69, 9.17) is 22.3 Å². The smallest absolute Gasteiger partial charge is 0.320 e. The summed E-state index contributed by atoms with van der Waals surface area (Å²) >= 11 is 0. The highest BCUT2D eigenvalue weighted by Gasteiger charge is 2.14. The molecule has 0 aliphatic rings. The minimum Gasteiger partial charge on any atom is -0.480 e. The fourth-order valence-electron chi connectivity index (χ4n) is 1.73. The maximum Gasteiger partial charge on any atom is 0.320 e. The molecule has 7 N–H and O–H groups in total. The van der Waals surface area contributed by atoms with Crippen molar-refractivity contribution in [3.05, 3.63) is 42.5 Å². The van der Waals surface area contributed by atoms with Crippen LogP contribution in [0.15, 0.2) is 47.5 Å². The van der Waals surface area contributed by atoms with Gasteiger partial charge in [0.25, 0.3) is 0 Å². The molecule has 0 amide bonds. The summed E-state index contributed by atoms with van der Waals surface area (Å²) in [6.45, 7) is 3.55. The zero-order valence-electron chi connectivity index (χ0n) is 12.7. The first-order valence-corrected chi connectivity index (χ1v) is 6.88. The van der Waals surface area contributed by atoms with Gasteiger partial charge in [0.1, 0.15) is 6.04 Å². The third-order valence-electron chi connectivity index (χ3n) is 3.02. The highest BCUT2D eigenvalue weighted by molar-refractivity contribution is 5.95. The lowest BCUT2D eigenvalue weighted by Crippen LogP contribution is -2.34. The zero-order chi connectivity index (χ0) is 16.7. The molecule has 0 saturated heterocycles. The summed E-state index contributed by atoms with van der Waals surface area (Å²) < 4.78 is 0. The number of benzene rings is 2. The Morgan fingerprint density at radius 3 is 2.18 bits per heavy atom. The maximum absolute atomic E-state index is 10.0. The van der Waals surface area contributed by atoms with Crippen LogP contribution in [0.5, 0.6) is 0 Å². The van der Waals surface area contributed by atoms with Crippen LogP contribution < -0.4 is 17.2 Å². The van der Waals surface area contributed by atoms with Crippen molar-refractivity contribution in [2.75, 3.05) is 0 Å². The summed E-state index contributed by atoms with van der Waals surface area (Å²) in [6, 6.07) is 13.1. The van der Waals surface area contributed by atoms with Crippen LogP contribution in [-0.4, -0.2) is 23.1 Å². The van der Waals surface area contributed by atoms with Gasteiger partial charge >= 0.3 is 5.97 Å². The minimum atomic E-state index is -0.931. The summed E-state index contributed by atoms with van der Waals surface area (Å²) in [6.07, 6.45) is 0. The number of carboxylic acids is 1. The van der Waals surface area contributed by atoms with Crippen LogP contribution in [0.1, 0.15) is 13.8 Å². The van der Waals surface area contributed by atoms with E-state index in [-0.39, 0.29) is 11.9 Å². The molecule has 2 aromatic rings. The predicted octanol–water partition coefficient (Wildman–Crippen LogP) is 1.80. The maximum atomic E-state index is 10.0. The Morgan fingerprint density at radius 2 is 1.68 bits per heavy atom. The lowest BCUT2D eigenvalue weighted by atomic mass is 10.1. The van der Waals surface area contributed by atoms with Gasteiger partial charge in [-0.1, -0.05) is 50.2 Å². The Morgan fingerprint density at radius 1 is 1.09 bits per heavy atom. The molecule has 0 spiro atoms. The Hall–Kier alpha value is -2.60. The van der Waals surface area contributed by atoms with Crippen LogP contribution in [0.3, 0.4) is 0 Å². The van der Waals surface area contributed by atoms with E-state index in [1.165, 1.54) is 0 Å². The Bertz CT molecular complexity index is 659. The molecule has 0 saturated carbocycles. The van der Waals surface area contributed by atoms with Gasteiger partial charge in [0.2, 0.25) is 0 Å². The lowest BCUT2D eigenvalue weighted by molar-refractivity contribution is -0.139. The Labute approximate surface area is 129 Å². The molecule has 0 bridgehead atoms. The van der Waals surface area contributed by atoms with E-state index in [0.717, 1.165) is 16.5 Å². The van der Waals surface area contributed by atoms with E-state index < -0.39 is 12.0 Å². The van der Waals surface area contributed by atoms with Gasteiger partial charge < -0.3 is 22.3 Å². The number of carbonyl (C=O) groups is 1. The molecule has 0 heterocycles. The van der Waals surface area contributed by atoms with Crippen molar-refractivity contribution < 1.29 is 9.90 Å². The van der Waals surface area contributed by atoms with Crippen molar-refractivity contribution in [1.82, 2.24) is 0 Å². The van der Waals surface area contributed by atoms with E-state index in [1.807, 2.05) is 42.5 Å². The zero-order valence-corrected chi connectivity index (χ0v) is 12.7. The topological polar surface area (TPSA) is 128 Å². The van der Waals surface area contributed by atoms with Crippen LogP contribution >= 0.6 is 0 Å². The molecule has 0 aliphatic heterocycles. The van der Waals surface area contributed by atoms with Crippen molar-refractivity contribution in [1.29, 1.82) is 0 Å². The van der Waals surface area contributed by atoms with Crippen LogP contribution in [0, 0.1) is 5.92 Å². The van der Waals surface area contributed by atoms with E-state index >= 15 is 0 Å². The van der Waals surface area contributed by atoms with Crippen LogP contribution in [-0.2, 0) is 4.79 Å². The molecule has 0 aliphatic carbocycles. The number of aliphatic imine (C=N–C) groups is 1. The average molecular weight is 302 g/mol. The Balaban J connectivity index is 0.000000261. The number of fused-ring (bicyclic) bond motifs is 1. The standard InChI is InChI=1S/C11H11N3.C5H11NO2/c12-11(13)14-10-7-3-5-8-4-1-2-6-9(8)10;1-3(2)4(6)5(7)8/h1-7H,(H4,12,13,14);3-4H,6H2,1-2H3,(H,7,8)/t;4-/m.0/s1. The van der Waals surface area contributed by atoms with Gasteiger partial charge in [0, 0.05) is 5.39 Å². The molecular weight excluding hydrogens is 280 g/mol. The second-order valence-corrected chi connectivity index (χ2v) is 5.14. The van der Waals surface area contributed by atoms with Crippen LogP contribution in [0.25, 0.3) is 10.8 Å². The van der Waals surface area contributed by atoms with Crippen LogP contribution in [0.4, 0.5) is 5.69 Å². The number of carboxylic acid groups (broad SMARTS) is 1. The summed E-state index contributed by atoms with van der Waals surface area (Å²) in [7, 11) is 0. The SMILES string of the molecule is CC(C)[C@H](N)C(=O)O.NC(N)=Nc1cccc2ccccc12. The monoisotopic (exact) mass is 302 g/mol. The molecule has 0 radical (unpaired) electrons. The molecule has 22 heavy (non-hydrogen) atoms. The number of hydrogen-bond donors (Lipinski definition) is 4. The van der Waals surface area contributed by atoms with Gasteiger partial charge in [-0.2, -0.15) is 0 Å². The highest BCUT2D eigenvalue weighted by Crippen LogP contribution is 2.24. The quantitative estimate of drug-likeness (QED) is 0.507. The van der Waals surface area contributed by atoms with Gasteiger partial charge in [-0.05, 0) is 17.4 Å². The molecule has 2 rings (SSSR count). The van der Waals surface area contributed by atoms with Crippen molar-refractivity contribution in [2.45, 2.75) is 19.9 Å². The van der Waals surface area contributed by atoms with Gasteiger partial charge in [0.05, 0.1) is 5.69 Å². The number of hydrogen-bond acceptors (Lipinski definition) is 3. The molecule has 0 unspecified atom stereocenters. The predicted molar refractivity (Wildman–Crippen MR) is 89.9 cm³/mol. The summed E-state index contributed by atoms with van der Waals surface area (Å²) in [4.78, 5) is 14.1. The first-order valence-electron chi connectivity index (χ1n) is 6.88. The second-order valence-electron chi connectivity index (χ2n) is 5.14. The number of guanidine groups is 1. The molecule has 0 fully saturated rings. The molecule has 118 valence electrons. The van der Waals surface area contributed by atoms with E-state index in [9.17, 15) is 4.79 Å². The summed E-state index contributed by atoms with van der Waals surface area (Å²) in [5.74, 6) is -0.825. The van der Waals surface area contributed by atoms with E-state index in [2.05, 4.69) is 4.99 Å². The third-order valence-corrected chi connectivity index (χ3v) is 3.02. The number of nitrogens with zero attached hydrogens (tertiary/aromatic N) is 1. The van der Waals surface area contributed by atoms with Crippen molar-refractivity contribution in [3.8, 4) is 0 Å². The average Bonchev–Trinajstić information content (AvgIpc) is 2.46. The minimum absolute atomic E-state index is 0.0208. The molecule has 0 aromatic heterocycles. The number of rotatable bonds is 3. The second kappa shape index (κ2) is 7.99. The largest absolute Gasteiger partial charge is 0.480 e. The normalized spacial score (nSPS) is 11.5. The molecule has 6 heteroatoms. The third kappa shape index (κ3) is 5.06. The van der Waals surface area contributed by atoms with E-state index in [1.54, 1.807) is 13.8 Å².